The molecule has 5 nitrogen and oxygen atoms in total. The van der Waals surface area contributed by atoms with Crippen molar-refractivity contribution < 1.29 is 9.53 Å². The average Bonchev–Trinajstić information content (AvgIpc) is 3.09. The molecule has 2 aliphatic rings. The molecule has 0 amide bonds. The lowest BCUT2D eigenvalue weighted by atomic mass is 9.69. The number of fused-ring (bicyclic) bond motifs is 1. The molecule has 164 valence electrons. The molecule has 2 aromatic carbocycles. The van der Waals surface area contributed by atoms with Gasteiger partial charge < -0.3 is 10.1 Å². The molecule has 1 aliphatic heterocycles. The zero-order chi connectivity index (χ0) is 22.5. The van der Waals surface area contributed by atoms with Crippen LogP contribution in [0, 0.1) is 12.3 Å². The quantitative estimate of drug-likeness (QED) is 0.573. The summed E-state index contributed by atoms with van der Waals surface area (Å²) in [5.74, 6) is 1.76. The van der Waals surface area contributed by atoms with Crippen LogP contribution in [-0.2, 0) is 4.79 Å². The van der Waals surface area contributed by atoms with Crippen LogP contribution in [0.1, 0.15) is 56.4 Å². The molecule has 0 saturated carbocycles. The van der Waals surface area contributed by atoms with E-state index in [-0.39, 0.29) is 17.1 Å². The van der Waals surface area contributed by atoms with E-state index in [9.17, 15) is 4.79 Å². The van der Waals surface area contributed by atoms with Crippen molar-refractivity contribution in [1.29, 1.82) is 0 Å². The molecule has 2 heterocycles. The van der Waals surface area contributed by atoms with Crippen LogP contribution >= 0.6 is 0 Å². The van der Waals surface area contributed by atoms with Crippen LogP contribution in [0.2, 0.25) is 0 Å². The van der Waals surface area contributed by atoms with Gasteiger partial charge >= 0.3 is 0 Å². The zero-order valence-corrected chi connectivity index (χ0v) is 19.1. The van der Waals surface area contributed by atoms with Gasteiger partial charge in [-0.1, -0.05) is 50.2 Å². The summed E-state index contributed by atoms with van der Waals surface area (Å²) < 4.78 is 7.98. The standard InChI is InChI=1S/C27H29N3O2/c1-5-32-22-14-10-9-13-19(22)24-23-17(2)29-30(18-11-7-6-8-12-18)26(23)28-20-15-27(3,4)16-21(31)25(20)24/h6-14,24,28H,5,15-16H2,1-4H3/t24-/m1/s1. The number of aryl methyl sites for hydroxylation is 1. The van der Waals surface area contributed by atoms with Gasteiger partial charge in [0.2, 0.25) is 0 Å². The van der Waals surface area contributed by atoms with E-state index in [4.69, 9.17) is 9.84 Å². The second-order valence-electron chi connectivity index (χ2n) is 9.46. The van der Waals surface area contributed by atoms with Gasteiger partial charge in [0.25, 0.3) is 0 Å². The third-order valence-corrected chi connectivity index (χ3v) is 6.40. The lowest BCUT2D eigenvalue weighted by Crippen LogP contribution is -2.34. The van der Waals surface area contributed by atoms with Crippen molar-refractivity contribution in [1.82, 2.24) is 9.78 Å². The highest BCUT2D eigenvalue weighted by atomic mass is 16.5. The third kappa shape index (κ3) is 3.32. The number of hydrogen-bond acceptors (Lipinski definition) is 4. The number of hydrogen-bond donors (Lipinski definition) is 1. The predicted molar refractivity (Wildman–Crippen MR) is 126 cm³/mol. The van der Waals surface area contributed by atoms with Crippen molar-refractivity contribution in [3.8, 4) is 11.4 Å². The Hall–Kier alpha value is -3.34. The normalized spacial score (nSPS) is 19.2. The fourth-order valence-electron chi connectivity index (χ4n) is 5.15. The zero-order valence-electron chi connectivity index (χ0n) is 19.1. The number of benzene rings is 2. The van der Waals surface area contributed by atoms with Crippen molar-refractivity contribution in [2.24, 2.45) is 5.41 Å². The van der Waals surface area contributed by atoms with Crippen LogP contribution in [-0.4, -0.2) is 22.2 Å². The van der Waals surface area contributed by atoms with E-state index < -0.39 is 0 Å². The van der Waals surface area contributed by atoms with E-state index >= 15 is 0 Å². The summed E-state index contributed by atoms with van der Waals surface area (Å²) in [6, 6.07) is 18.2. The topological polar surface area (TPSA) is 56.1 Å². The number of para-hydroxylation sites is 2. The Labute approximate surface area is 189 Å². The van der Waals surface area contributed by atoms with Crippen LogP contribution in [0.15, 0.2) is 65.9 Å². The van der Waals surface area contributed by atoms with Gasteiger partial charge in [0, 0.05) is 34.7 Å². The summed E-state index contributed by atoms with van der Waals surface area (Å²) in [7, 11) is 0. The number of anilines is 1. The van der Waals surface area contributed by atoms with Crippen LogP contribution < -0.4 is 10.1 Å². The molecular weight excluding hydrogens is 398 g/mol. The summed E-state index contributed by atoms with van der Waals surface area (Å²) >= 11 is 0. The summed E-state index contributed by atoms with van der Waals surface area (Å²) in [6.07, 6.45) is 1.36. The first-order chi connectivity index (χ1) is 15.4. The number of carbonyl (C=O) groups is 1. The third-order valence-electron chi connectivity index (χ3n) is 6.40. The molecule has 1 aliphatic carbocycles. The van der Waals surface area contributed by atoms with E-state index in [1.165, 1.54) is 0 Å². The Kier molecular flexibility index (Phi) is 4.92. The Morgan fingerprint density at radius 3 is 2.56 bits per heavy atom. The maximum absolute atomic E-state index is 13.5. The number of ketones is 1. The van der Waals surface area contributed by atoms with Gasteiger partial charge in [-0.15, -0.1) is 0 Å². The largest absolute Gasteiger partial charge is 0.494 e. The van der Waals surface area contributed by atoms with Gasteiger partial charge in [-0.25, -0.2) is 4.68 Å². The van der Waals surface area contributed by atoms with Crippen LogP contribution in [0.3, 0.4) is 0 Å². The van der Waals surface area contributed by atoms with E-state index in [0.29, 0.717) is 13.0 Å². The second kappa shape index (κ2) is 7.66. The van der Waals surface area contributed by atoms with Gasteiger partial charge in [-0.2, -0.15) is 5.10 Å². The van der Waals surface area contributed by atoms with Gasteiger partial charge in [0.05, 0.1) is 18.0 Å². The molecule has 0 unspecified atom stereocenters. The molecular formula is C27H29N3O2. The molecule has 5 rings (SSSR count). The Bertz CT molecular complexity index is 1220. The minimum Gasteiger partial charge on any atom is -0.494 e. The Morgan fingerprint density at radius 2 is 1.81 bits per heavy atom. The first kappa shape index (κ1) is 20.6. The highest BCUT2D eigenvalue weighted by molar-refractivity contribution is 6.01. The number of Topliss-reactive ketones (excluding diaryl/α,β-unsaturated/α-hetero) is 1. The summed E-state index contributed by atoms with van der Waals surface area (Å²) in [6.45, 7) is 8.91. The van der Waals surface area contributed by atoms with Gasteiger partial charge in [-0.05, 0) is 43.9 Å². The van der Waals surface area contributed by atoms with E-state index in [1.807, 2.05) is 54.9 Å². The summed E-state index contributed by atoms with van der Waals surface area (Å²) in [4.78, 5) is 13.5. The number of nitrogens with one attached hydrogen (secondary N) is 1. The fourth-order valence-corrected chi connectivity index (χ4v) is 5.15. The van der Waals surface area contributed by atoms with Gasteiger partial charge in [-0.3, -0.25) is 4.79 Å². The van der Waals surface area contributed by atoms with Gasteiger partial charge in [0.1, 0.15) is 11.6 Å². The minimum absolute atomic E-state index is 0.0863. The molecule has 1 N–H and O–H groups in total. The molecule has 0 bridgehead atoms. The number of aromatic nitrogens is 2. The van der Waals surface area contributed by atoms with Crippen molar-refractivity contribution in [2.45, 2.75) is 46.5 Å². The Balaban J connectivity index is 1.78. The highest BCUT2D eigenvalue weighted by Crippen LogP contribution is 2.51. The number of carbonyl (C=O) groups excluding carboxylic acids is 1. The van der Waals surface area contributed by atoms with E-state index in [2.05, 4.69) is 37.4 Å². The molecule has 1 aromatic heterocycles. The molecule has 0 saturated heterocycles. The first-order valence-corrected chi connectivity index (χ1v) is 11.3. The highest BCUT2D eigenvalue weighted by Gasteiger charge is 2.43. The van der Waals surface area contributed by atoms with Crippen molar-refractivity contribution in [3.63, 3.8) is 0 Å². The van der Waals surface area contributed by atoms with E-state index in [0.717, 1.165) is 51.8 Å². The summed E-state index contributed by atoms with van der Waals surface area (Å²) in [5.41, 5.74) is 5.76. The van der Waals surface area contributed by atoms with Gasteiger partial charge in [0.15, 0.2) is 5.78 Å². The van der Waals surface area contributed by atoms with Crippen molar-refractivity contribution in [3.05, 3.63) is 82.7 Å². The smallest absolute Gasteiger partial charge is 0.162 e. The number of allylic oxidation sites excluding steroid dienone is 2. The molecule has 0 fully saturated rings. The minimum atomic E-state index is -0.204. The summed E-state index contributed by atoms with van der Waals surface area (Å²) in [5, 5.41) is 8.55. The molecule has 3 aromatic rings. The maximum atomic E-state index is 13.5. The number of nitrogens with zero attached hydrogens (tertiary/aromatic N) is 2. The second-order valence-corrected chi connectivity index (χ2v) is 9.46. The molecule has 32 heavy (non-hydrogen) atoms. The molecule has 0 spiro atoms. The average molecular weight is 428 g/mol. The fraction of sp³-hybridized carbons (Fsp3) is 0.333. The van der Waals surface area contributed by atoms with Crippen LogP contribution in [0.25, 0.3) is 5.69 Å². The van der Waals surface area contributed by atoms with Crippen molar-refractivity contribution in [2.75, 3.05) is 11.9 Å². The Morgan fingerprint density at radius 1 is 1.09 bits per heavy atom. The molecule has 0 radical (unpaired) electrons. The molecule has 1 atom stereocenters. The number of rotatable bonds is 4. The molecule has 5 heteroatoms. The lowest BCUT2D eigenvalue weighted by Gasteiger charge is -2.39. The SMILES string of the molecule is CCOc1ccccc1[C@H]1C2=C(CC(C)(C)CC2=O)Nc2c1c(C)nn2-c1ccccc1. The first-order valence-electron chi connectivity index (χ1n) is 11.3. The van der Waals surface area contributed by atoms with Crippen molar-refractivity contribution >= 4 is 11.6 Å². The van der Waals surface area contributed by atoms with Crippen LogP contribution in [0.5, 0.6) is 5.75 Å². The number of ether oxygens (including phenoxy) is 1. The maximum Gasteiger partial charge on any atom is 0.162 e. The van der Waals surface area contributed by atoms with E-state index in [1.54, 1.807) is 0 Å². The van der Waals surface area contributed by atoms with Crippen LogP contribution in [0.4, 0.5) is 5.82 Å². The monoisotopic (exact) mass is 427 g/mol. The lowest BCUT2D eigenvalue weighted by molar-refractivity contribution is -0.118. The predicted octanol–water partition coefficient (Wildman–Crippen LogP) is 5.78.